The van der Waals surface area contributed by atoms with Crippen molar-refractivity contribution in [3.8, 4) is 5.75 Å². The Kier molecular flexibility index (Phi) is 5.33. The number of carbonyl (C=O) groups excluding carboxylic acids is 1. The van der Waals surface area contributed by atoms with E-state index in [0.29, 0.717) is 34.3 Å². The van der Waals surface area contributed by atoms with Gasteiger partial charge in [0.2, 0.25) is 0 Å². The summed E-state index contributed by atoms with van der Waals surface area (Å²) in [5.41, 5.74) is 0.917. The zero-order valence-electron chi connectivity index (χ0n) is 14.0. The summed E-state index contributed by atoms with van der Waals surface area (Å²) in [4.78, 5) is 16.5. The average Bonchev–Trinajstić information content (AvgIpc) is 2.94. The molecule has 1 fully saturated rings. The Hall–Kier alpha value is -2.32. The van der Waals surface area contributed by atoms with Gasteiger partial charge in [-0.1, -0.05) is 11.6 Å². The van der Waals surface area contributed by atoms with Crippen molar-refractivity contribution in [3.05, 3.63) is 47.1 Å². The number of hydrogen-bond donors (Lipinski definition) is 2. The number of carbonyl (C=O) groups is 1. The van der Waals surface area contributed by atoms with Crippen LogP contribution in [0.3, 0.4) is 0 Å². The fraction of sp³-hybridized carbons (Fsp3) is 0.294. The van der Waals surface area contributed by atoms with Gasteiger partial charge in [0.1, 0.15) is 11.6 Å². The maximum absolute atomic E-state index is 12.3. The molecule has 1 unspecified atom stereocenters. The normalized spacial score (nSPS) is 18.3. The minimum absolute atomic E-state index is 0.106. The van der Waals surface area contributed by atoms with Crippen LogP contribution in [-0.4, -0.2) is 44.0 Å². The van der Waals surface area contributed by atoms with Crippen LogP contribution in [0.2, 0.25) is 5.02 Å². The lowest BCUT2D eigenvalue weighted by Gasteiger charge is -2.12. The van der Waals surface area contributed by atoms with Crippen molar-refractivity contribution >= 4 is 38.9 Å². The highest BCUT2D eigenvalue weighted by molar-refractivity contribution is 7.91. The fourth-order valence-electron chi connectivity index (χ4n) is 2.68. The van der Waals surface area contributed by atoms with Gasteiger partial charge in [0.25, 0.3) is 5.91 Å². The van der Waals surface area contributed by atoms with E-state index >= 15 is 0 Å². The van der Waals surface area contributed by atoms with Crippen LogP contribution in [0.4, 0.5) is 11.5 Å². The number of hydrogen-bond acceptors (Lipinski definition) is 6. The van der Waals surface area contributed by atoms with E-state index in [1.165, 1.54) is 13.3 Å². The first kappa shape index (κ1) is 18.5. The summed E-state index contributed by atoms with van der Waals surface area (Å²) in [5, 5.41) is 6.21. The molecule has 1 aromatic carbocycles. The molecule has 0 saturated carbocycles. The summed E-state index contributed by atoms with van der Waals surface area (Å²) >= 11 is 6.04. The predicted octanol–water partition coefficient (Wildman–Crippen LogP) is 2.59. The maximum atomic E-state index is 12.3. The maximum Gasteiger partial charge on any atom is 0.257 e. The Morgan fingerprint density at radius 1 is 1.31 bits per heavy atom. The van der Waals surface area contributed by atoms with E-state index in [0.717, 1.165) is 0 Å². The van der Waals surface area contributed by atoms with Gasteiger partial charge in [0.15, 0.2) is 9.84 Å². The van der Waals surface area contributed by atoms with Crippen LogP contribution in [0.5, 0.6) is 5.75 Å². The number of sulfone groups is 1. The molecule has 1 aliphatic heterocycles. The number of nitrogens with zero attached hydrogens (tertiary/aromatic N) is 1. The number of amides is 1. The molecule has 0 bridgehead atoms. The van der Waals surface area contributed by atoms with Gasteiger partial charge < -0.3 is 15.4 Å². The van der Waals surface area contributed by atoms with Crippen molar-refractivity contribution < 1.29 is 17.9 Å². The highest BCUT2D eigenvalue weighted by Gasteiger charge is 2.27. The predicted molar refractivity (Wildman–Crippen MR) is 101 cm³/mol. The number of ether oxygens (including phenoxy) is 1. The number of benzene rings is 1. The number of rotatable bonds is 5. The summed E-state index contributed by atoms with van der Waals surface area (Å²) < 4.78 is 28.0. The summed E-state index contributed by atoms with van der Waals surface area (Å²) in [6.45, 7) is 0. The number of aromatic nitrogens is 1. The van der Waals surface area contributed by atoms with E-state index < -0.39 is 9.84 Å². The molecular formula is C17H18ClN3O4S. The minimum Gasteiger partial charge on any atom is -0.495 e. The number of halogens is 1. The van der Waals surface area contributed by atoms with Gasteiger partial charge in [-0.15, -0.1) is 0 Å². The number of anilines is 2. The summed E-state index contributed by atoms with van der Waals surface area (Å²) in [6.07, 6.45) is 2.00. The Morgan fingerprint density at radius 3 is 2.69 bits per heavy atom. The first-order chi connectivity index (χ1) is 12.4. The molecule has 1 aliphatic rings. The van der Waals surface area contributed by atoms with Crippen molar-refractivity contribution in [1.29, 1.82) is 0 Å². The van der Waals surface area contributed by atoms with Crippen molar-refractivity contribution in [2.45, 2.75) is 12.5 Å². The molecule has 2 N–H and O–H groups in total. The molecule has 1 saturated heterocycles. The van der Waals surface area contributed by atoms with E-state index in [9.17, 15) is 13.2 Å². The Labute approximate surface area is 156 Å². The van der Waals surface area contributed by atoms with Crippen LogP contribution in [0.25, 0.3) is 0 Å². The molecule has 1 aromatic heterocycles. The van der Waals surface area contributed by atoms with Gasteiger partial charge in [0.05, 0.1) is 29.2 Å². The highest BCUT2D eigenvalue weighted by atomic mass is 35.5. The molecule has 2 heterocycles. The lowest BCUT2D eigenvalue weighted by atomic mass is 10.2. The molecule has 1 atom stereocenters. The smallest absolute Gasteiger partial charge is 0.257 e. The van der Waals surface area contributed by atoms with Crippen LogP contribution < -0.4 is 15.4 Å². The topological polar surface area (TPSA) is 97.4 Å². The van der Waals surface area contributed by atoms with E-state index in [1.807, 2.05) is 0 Å². The van der Waals surface area contributed by atoms with E-state index in [2.05, 4.69) is 15.6 Å². The molecular weight excluding hydrogens is 378 g/mol. The van der Waals surface area contributed by atoms with Crippen molar-refractivity contribution in [1.82, 2.24) is 4.98 Å². The number of pyridine rings is 1. The van der Waals surface area contributed by atoms with Crippen LogP contribution in [0.15, 0.2) is 36.5 Å². The molecule has 9 heteroatoms. The average molecular weight is 396 g/mol. The molecule has 0 aliphatic carbocycles. The van der Waals surface area contributed by atoms with Crippen LogP contribution >= 0.6 is 11.6 Å². The van der Waals surface area contributed by atoms with Crippen molar-refractivity contribution in [2.75, 3.05) is 29.2 Å². The zero-order chi connectivity index (χ0) is 18.7. The number of nitrogens with one attached hydrogen (secondary N) is 2. The van der Waals surface area contributed by atoms with E-state index in [1.54, 1.807) is 30.3 Å². The molecule has 26 heavy (non-hydrogen) atoms. The van der Waals surface area contributed by atoms with E-state index in [4.69, 9.17) is 16.3 Å². The van der Waals surface area contributed by atoms with E-state index in [-0.39, 0.29) is 23.5 Å². The van der Waals surface area contributed by atoms with Crippen LogP contribution in [-0.2, 0) is 9.84 Å². The molecule has 138 valence electrons. The van der Waals surface area contributed by atoms with Crippen molar-refractivity contribution in [2.24, 2.45) is 0 Å². The first-order valence-corrected chi connectivity index (χ1v) is 10.1. The Bertz CT molecular complexity index is 916. The van der Waals surface area contributed by atoms with Gasteiger partial charge in [-0.2, -0.15) is 0 Å². The monoisotopic (exact) mass is 395 g/mol. The molecule has 1 amide bonds. The fourth-order valence-corrected chi connectivity index (χ4v) is 4.61. The molecule has 7 nitrogen and oxygen atoms in total. The number of methoxy groups -OCH3 is 1. The lowest BCUT2D eigenvalue weighted by molar-refractivity contribution is 0.102. The van der Waals surface area contributed by atoms with Gasteiger partial charge in [0, 0.05) is 17.9 Å². The second-order valence-electron chi connectivity index (χ2n) is 5.98. The molecule has 3 rings (SSSR count). The van der Waals surface area contributed by atoms with Gasteiger partial charge in [-0.25, -0.2) is 13.4 Å². The second kappa shape index (κ2) is 7.51. The third-order valence-corrected chi connectivity index (χ3v) is 6.08. The summed E-state index contributed by atoms with van der Waals surface area (Å²) in [5.74, 6) is 1.03. The summed E-state index contributed by atoms with van der Waals surface area (Å²) in [7, 11) is -1.44. The third-order valence-electron chi connectivity index (χ3n) is 4.02. The van der Waals surface area contributed by atoms with Gasteiger partial charge >= 0.3 is 0 Å². The molecule has 0 radical (unpaired) electrons. The SMILES string of the molecule is COc1ccc(NC(=O)c2ccc(NC3CCS(=O)(=O)C3)nc2)cc1Cl. The molecule has 2 aromatic rings. The van der Waals surface area contributed by atoms with Gasteiger partial charge in [-0.05, 0) is 36.8 Å². The Morgan fingerprint density at radius 2 is 2.12 bits per heavy atom. The largest absolute Gasteiger partial charge is 0.495 e. The second-order valence-corrected chi connectivity index (χ2v) is 8.62. The Balaban J connectivity index is 1.63. The first-order valence-electron chi connectivity index (χ1n) is 7.94. The summed E-state index contributed by atoms with van der Waals surface area (Å²) in [6, 6.07) is 8.09. The minimum atomic E-state index is -2.95. The zero-order valence-corrected chi connectivity index (χ0v) is 15.6. The lowest BCUT2D eigenvalue weighted by Crippen LogP contribution is -2.21. The van der Waals surface area contributed by atoms with Crippen LogP contribution in [0.1, 0.15) is 16.8 Å². The quantitative estimate of drug-likeness (QED) is 0.807. The van der Waals surface area contributed by atoms with Gasteiger partial charge in [-0.3, -0.25) is 4.79 Å². The van der Waals surface area contributed by atoms with Crippen molar-refractivity contribution in [3.63, 3.8) is 0 Å². The van der Waals surface area contributed by atoms with Crippen LogP contribution in [0, 0.1) is 0 Å². The third kappa shape index (κ3) is 4.44. The molecule has 0 spiro atoms. The standard InChI is InChI=1S/C17H18ClN3O4S/c1-25-15-4-3-12(8-14(15)18)21-17(22)11-2-5-16(19-9-11)20-13-6-7-26(23,24)10-13/h2-5,8-9,13H,6-7,10H2,1H3,(H,19,20)(H,21,22). The highest BCUT2D eigenvalue weighted by Crippen LogP contribution is 2.27.